The molecule has 1 atom stereocenters. The fourth-order valence-corrected chi connectivity index (χ4v) is 2.72. The lowest BCUT2D eigenvalue weighted by molar-refractivity contribution is -0.124. The molecule has 0 aromatic heterocycles. The molecule has 0 spiro atoms. The van der Waals surface area contributed by atoms with Crippen LogP contribution in [0.25, 0.3) is 0 Å². The van der Waals surface area contributed by atoms with Gasteiger partial charge in [0.25, 0.3) is 0 Å². The number of nitrogens with two attached hydrogens (primary N) is 1. The van der Waals surface area contributed by atoms with Crippen LogP contribution in [0.2, 0.25) is 0 Å². The van der Waals surface area contributed by atoms with Crippen molar-refractivity contribution in [3.05, 3.63) is 23.3 Å². The van der Waals surface area contributed by atoms with Gasteiger partial charge < -0.3 is 20.1 Å². The van der Waals surface area contributed by atoms with Crippen LogP contribution in [0.1, 0.15) is 22.8 Å². The molecule has 1 aromatic carbocycles. The van der Waals surface area contributed by atoms with Crippen LogP contribution in [0.4, 0.5) is 11.4 Å². The van der Waals surface area contributed by atoms with Gasteiger partial charge in [-0.2, -0.15) is 0 Å². The summed E-state index contributed by atoms with van der Waals surface area (Å²) in [5.41, 5.74) is 6.93. The second kappa shape index (κ2) is 4.79. The van der Waals surface area contributed by atoms with Crippen LogP contribution in [-0.4, -0.2) is 39.8 Å². The van der Waals surface area contributed by atoms with E-state index < -0.39 is 11.4 Å². The van der Waals surface area contributed by atoms with Crippen LogP contribution < -0.4 is 10.6 Å². The summed E-state index contributed by atoms with van der Waals surface area (Å²) in [5.74, 6) is -0.653. The van der Waals surface area contributed by atoms with Crippen LogP contribution in [0.5, 0.6) is 0 Å². The number of likely N-dealkylation sites (N-methyl/N-ethyl adjacent to an activating group) is 1. The molecule has 0 radical (unpaired) electrons. The topological polar surface area (TPSA) is 81.9 Å². The van der Waals surface area contributed by atoms with Crippen molar-refractivity contribution in [2.75, 3.05) is 38.5 Å². The normalized spacial score (nSPS) is 21.0. The smallest absolute Gasteiger partial charge is 0.340 e. The Labute approximate surface area is 117 Å². The molecule has 0 saturated heterocycles. The Kier molecular flexibility index (Phi) is 3.43. The fourth-order valence-electron chi connectivity index (χ4n) is 2.72. The first-order chi connectivity index (χ1) is 9.36. The van der Waals surface area contributed by atoms with Gasteiger partial charge in [-0.1, -0.05) is 0 Å². The Morgan fingerprint density at radius 1 is 1.40 bits per heavy atom. The lowest BCUT2D eigenvalue weighted by Crippen LogP contribution is -2.39. The second-order valence-electron chi connectivity index (χ2n) is 5.09. The third kappa shape index (κ3) is 1.84. The molecular weight excluding hydrogens is 260 g/mol. The zero-order valence-corrected chi connectivity index (χ0v) is 12.0. The maximum Gasteiger partial charge on any atom is 0.340 e. The molecule has 0 bridgehead atoms. The van der Waals surface area contributed by atoms with Gasteiger partial charge in [0, 0.05) is 19.8 Å². The van der Waals surface area contributed by atoms with E-state index in [2.05, 4.69) is 0 Å². The van der Waals surface area contributed by atoms with Gasteiger partial charge in [0.1, 0.15) is 0 Å². The summed E-state index contributed by atoms with van der Waals surface area (Å²) in [6.45, 7) is 1.99. The number of nitrogen functional groups attached to an aromatic ring is 1. The van der Waals surface area contributed by atoms with Crippen molar-refractivity contribution in [2.24, 2.45) is 0 Å². The Bertz CT molecular complexity index is 585. The molecular formula is C14H18N2O4. The Morgan fingerprint density at radius 3 is 2.60 bits per heavy atom. The van der Waals surface area contributed by atoms with Gasteiger partial charge in [-0.15, -0.1) is 0 Å². The predicted molar refractivity (Wildman–Crippen MR) is 74.8 cm³/mol. The molecule has 1 aliphatic rings. The van der Waals surface area contributed by atoms with E-state index in [4.69, 9.17) is 15.2 Å². The first kappa shape index (κ1) is 14.3. The number of nitrogens with zero attached hydrogens (tertiary/aromatic N) is 1. The third-order valence-corrected chi connectivity index (χ3v) is 3.68. The van der Waals surface area contributed by atoms with Gasteiger partial charge in [0.15, 0.2) is 0 Å². The molecule has 20 heavy (non-hydrogen) atoms. The monoisotopic (exact) mass is 278 g/mol. The van der Waals surface area contributed by atoms with E-state index >= 15 is 0 Å². The van der Waals surface area contributed by atoms with E-state index in [0.717, 1.165) is 0 Å². The number of ether oxygens (including phenoxy) is 2. The number of esters is 1. The Morgan fingerprint density at radius 2 is 2.05 bits per heavy atom. The van der Waals surface area contributed by atoms with Crippen molar-refractivity contribution in [1.82, 2.24) is 0 Å². The minimum atomic E-state index is -0.850. The lowest BCUT2D eigenvalue weighted by atomic mass is 9.83. The highest BCUT2D eigenvalue weighted by Gasteiger charge is 2.48. The average molecular weight is 278 g/mol. The molecule has 0 fully saturated rings. The molecule has 108 valence electrons. The summed E-state index contributed by atoms with van der Waals surface area (Å²) >= 11 is 0. The highest BCUT2D eigenvalue weighted by Crippen LogP contribution is 2.44. The number of rotatable bonds is 3. The molecule has 6 heteroatoms. The van der Waals surface area contributed by atoms with E-state index in [0.29, 0.717) is 16.9 Å². The van der Waals surface area contributed by atoms with Crippen molar-refractivity contribution in [3.8, 4) is 0 Å². The summed E-state index contributed by atoms with van der Waals surface area (Å²) in [6.07, 6.45) is 0. The predicted octanol–water partition coefficient (Wildman–Crippen LogP) is 0.936. The zero-order chi connectivity index (χ0) is 15.1. The van der Waals surface area contributed by atoms with Gasteiger partial charge >= 0.3 is 5.97 Å². The summed E-state index contributed by atoms with van der Waals surface area (Å²) in [4.78, 5) is 25.9. The minimum absolute atomic E-state index is 0.134. The summed E-state index contributed by atoms with van der Waals surface area (Å²) in [5, 5.41) is 0. The largest absolute Gasteiger partial charge is 0.465 e. The Balaban J connectivity index is 2.72. The van der Waals surface area contributed by atoms with Gasteiger partial charge in [0.2, 0.25) is 5.91 Å². The first-order valence-corrected chi connectivity index (χ1v) is 6.16. The SMILES string of the molecule is COCC1(C)C(=O)N(C)c2c(C(=O)OC)cc(N)cc21. The zero-order valence-electron chi connectivity index (χ0n) is 12.0. The molecule has 2 rings (SSSR count). The number of methoxy groups -OCH3 is 2. The standard InChI is InChI=1S/C14H18N2O4/c1-14(7-19-3)10-6-8(15)5-9(12(17)20-4)11(10)16(2)13(14)18/h5-6H,7,15H2,1-4H3. The van der Waals surface area contributed by atoms with Crippen molar-refractivity contribution in [3.63, 3.8) is 0 Å². The molecule has 1 heterocycles. The molecule has 0 saturated carbocycles. The van der Waals surface area contributed by atoms with E-state index in [1.165, 1.54) is 25.2 Å². The second-order valence-corrected chi connectivity index (χ2v) is 5.09. The molecule has 2 N–H and O–H groups in total. The van der Waals surface area contributed by atoms with Crippen LogP contribution in [0, 0.1) is 0 Å². The molecule has 1 unspecified atom stereocenters. The lowest BCUT2D eigenvalue weighted by Gasteiger charge is -2.22. The van der Waals surface area contributed by atoms with Crippen molar-refractivity contribution in [1.29, 1.82) is 0 Å². The highest BCUT2D eigenvalue weighted by molar-refractivity contribution is 6.13. The highest BCUT2D eigenvalue weighted by atomic mass is 16.5. The maximum atomic E-state index is 12.5. The number of anilines is 2. The average Bonchev–Trinajstić information content (AvgIpc) is 2.60. The summed E-state index contributed by atoms with van der Waals surface area (Å²) < 4.78 is 9.93. The van der Waals surface area contributed by atoms with Crippen LogP contribution in [0.15, 0.2) is 12.1 Å². The van der Waals surface area contributed by atoms with E-state index in [9.17, 15) is 9.59 Å². The number of fused-ring (bicyclic) bond motifs is 1. The van der Waals surface area contributed by atoms with Gasteiger partial charge in [0.05, 0.1) is 30.4 Å². The van der Waals surface area contributed by atoms with Crippen molar-refractivity contribution >= 4 is 23.3 Å². The third-order valence-electron chi connectivity index (χ3n) is 3.68. The molecule has 1 aliphatic heterocycles. The van der Waals surface area contributed by atoms with Crippen LogP contribution >= 0.6 is 0 Å². The summed E-state index contributed by atoms with van der Waals surface area (Å²) in [7, 11) is 4.46. The molecule has 6 nitrogen and oxygen atoms in total. The van der Waals surface area contributed by atoms with Crippen molar-refractivity contribution < 1.29 is 19.1 Å². The van der Waals surface area contributed by atoms with Gasteiger partial charge in [-0.05, 0) is 24.6 Å². The number of hydrogen-bond acceptors (Lipinski definition) is 5. The Hall–Kier alpha value is -2.08. The quantitative estimate of drug-likeness (QED) is 0.657. The van der Waals surface area contributed by atoms with E-state index in [1.54, 1.807) is 20.0 Å². The number of benzene rings is 1. The molecule has 0 aliphatic carbocycles. The van der Waals surface area contributed by atoms with Crippen molar-refractivity contribution in [2.45, 2.75) is 12.3 Å². The fraction of sp³-hybridized carbons (Fsp3) is 0.429. The number of carbonyl (C=O) groups excluding carboxylic acids is 2. The molecule has 1 aromatic rings. The van der Waals surface area contributed by atoms with Gasteiger partial charge in [-0.3, -0.25) is 4.79 Å². The van der Waals surface area contributed by atoms with Crippen LogP contribution in [-0.2, 0) is 19.7 Å². The number of carbonyl (C=O) groups is 2. The molecule has 1 amide bonds. The summed E-state index contributed by atoms with van der Waals surface area (Å²) in [6, 6.07) is 3.23. The minimum Gasteiger partial charge on any atom is -0.465 e. The first-order valence-electron chi connectivity index (χ1n) is 6.16. The van der Waals surface area contributed by atoms with Crippen LogP contribution in [0.3, 0.4) is 0 Å². The number of hydrogen-bond donors (Lipinski definition) is 1. The van der Waals surface area contributed by atoms with E-state index in [-0.39, 0.29) is 18.1 Å². The van der Waals surface area contributed by atoms with E-state index in [1.807, 2.05) is 0 Å². The number of amides is 1. The van der Waals surface area contributed by atoms with Gasteiger partial charge in [-0.25, -0.2) is 4.79 Å². The maximum absolute atomic E-state index is 12.5.